The molecule has 0 amide bonds. The first kappa shape index (κ1) is 100. The summed E-state index contributed by atoms with van der Waals surface area (Å²) in [4.78, 5) is 73.1. The van der Waals surface area contributed by atoms with Crippen molar-refractivity contribution in [1.82, 2.24) is 0 Å². The molecule has 0 heterocycles. The summed E-state index contributed by atoms with van der Waals surface area (Å²) in [5, 5.41) is 10.7. The Morgan fingerprint density at radius 1 is 0.265 bits per heavy atom. The molecule has 5 atom stereocenters. The first-order chi connectivity index (χ1) is 49.5. The highest BCUT2D eigenvalue weighted by Gasteiger charge is 2.30. The molecule has 2 unspecified atom stereocenters. The molecule has 0 aliphatic heterocycles. The van der Waals surface area contributed by atoms with Crippen molar-refractivity contribution in [2.75, 3.05) is 39.6 Å². The molecule has 0 aromatic heterocycles. The Morgan fingerprint density at radius 3 is 0.667 bits per heavy atom. The van der Waals surface area contributed by atoms with Crippen molar-refractivity contribution in [1.29, 1.82) is 0 Å². The fraction of sp³-hybridized carbons (Fsp3) is 0.952. The average molecular weight is 1490 g/mol. The Morgan fingerprint density at radius 2 is 0.451 bits per heavy atom. The van der Waals surface area contributed by atoms with E-state index >= 15 is 0 Å². The van der Waals surface area contributed by atoms with Gasteiger partial charge in [0.15, 0.2) is 12.2 Å². The highest BCUT2D eigenvalue weighted by molar-refractivity contribution is 7.47. The van der Waals surface area contributed by atoms with Gasteiger partial charge >= 0.3 is 39.5 Å². The average Bonchev–Trinajstić information content (AvgIpc) is 1.05. The molecule has 0 radical (unpaired) electrons. The van der Waals surface area contributed by atoms with Crippen LogP contribution in [0.15, 0.2) is 0 Å². The summed E-state index contributed by atoms with van der Waals surface area (Å²) >= 11 is 0. The van der Waals surface area contributed by atoms with Crippen molar-refractivity contribution in [2.24, 2.45) is 5.92 Å². The van der Waals surface area contributed by atoms with Gasteiger partial charge in [0.1, 0.15) is 19.3 Å². The number of unbranched alkanes of at least 4 members (excludes halogenated alkanes) is 55. The predicted octanol–water partition coefficient (Wildman–Crippen LogP) is 25.2. The molecule has 17 nitrogen and oxygen atoms in total. The first-order valence-corrected chi connectivity index (χ1v) is 46.1. The van der Waals surface area contributed by atoms with Crippen LogP contribution in [0.1, 0.15) is 446 Å². The maximum absolute atomic E-state index is 13.1. The molecule has 3 N–H and O–H groups in total. The van der Waals surface area contributed by atoms with Gasteiger partial charge in [-0.25, -0.2) is 9.13 Å². The van der Waals surface area contributed by atoms with E-state index < -0.39 is 97.5 Å². The van der Waals surface area contributed by atoms with Gasteiger partial charge in [0.05, 0.1) is 26.4 Å². The van der Waals surface area contributed by atoms with Gasteiger partial charge in [0.25, 0.3) is 0 Å². The molecule has 0 saturated heterocycles. The lowest BCUT2D eigenvalue weighted by Crippen LogP contribution is -2.30. The fourth-order valence-electron chi connectivity index (χ4n) is 12.9. The minimum atomic E-state index is -4.96. The number of aliphatic hydroxyl groups is 1. The summed E-state index contributed by atoms with van der Waals surface area (Å²) in [5.74, 6) is -1.30. The number of aliphatic hydroxyl groups excluding tert-OH is 1. The highest BCUT2D eigenvalue weighted by Crippen LogP contribution is 2.45. The van der Waals surface area contributed by atoms with Gasteiger partial charge in [-0.2, -0.15) is 0 Å². The summed E-state index contributed by atoms with van der Waals surface area (Å²) < 4.78 is 68.8. The number of carbonyl (C=O) groups is 4. The Balaban J connectivity index is 5.23. The Hall–Kier alpha value is -1.94. The topological polar surface area (TPSA) is 237 Å². The molecule has 19 heteroatoms. The third kappa shape index (κ3) is 76.3. The van der Waals surface area contributed by atoms with Gasteiger partial charge in [-0.05, 0) is 31.6 Å². The monoisotopic (exact) mass is 1490 g/mol. The fourth-order valence-corrected chi connectivity index (χ4v) is 14.5. The van der Waals surface area contributed by atoms with Crippen LogP contribution in [-0.4, -0.2) is 96.7 Å². The highest BCUT2D eigenvalue weighted by atomic mass is 31.2. The number of ether oxygens (including phenoxy) is 4. The van der Waals surface area contributed by atoms with E-state index in [9.17, 15) is 43.2 Å². The van der Waals surface area contributed by atoms with Crippen LogP contribution in [0, 0.1) is 5.92 Å². The second-order valence-corrected chi connectivity index (χ2v) is 33.3. The molecule has 0 aromatic carbocycles. The number of esters is 4. The predicted molar refractivity (Wildman–Crippen MR) is 418 cm³/mol. The summed E-state index contributed by atoms with van der Waals surface area (Å²) in [6.45, 7) is 7.37. The van der Waals surface area contributed by atoms with Crippen LogP contribution in [0.5, 0.6) is 0 Å². The van der Waals surface area contributed by atoms with E-state index in [0.29, 0.717) is 25.7 Å². The number of hydrogen-bond acceptors (Lipinski definition) is 15. The standard InChI is InChI=1S/C83H162O17P2/c1-6-9-12-15-18-21-24-26-28-30-34-38-42-47-52-57-62-67-81(86)94-73-79(100-83(88)69-64-59-54-49-44-40-36-32-33-37-41-45-50-55-60-65-76(4)5)75-98-102(91,92)96-71-77(84)70-95-101(89,90)97-74-78(72-93-80(85)66-61-56-51-46-23-20-17-14-11-8-3)99-82(87)68-63-58-53-48-43-39-35-31-29-27-25-22-19-16-13-10-7-2/h76-79,84H,6-75H2,1-5H3,(H,89,90)(H,91,92)/t77-,78+,79+/m0/s1. The van der Waals surface area contributed by atoms with E-state index in [4.69, 9.17) is 37.0 Å². The minimum absolute atomic E-state index is 0.109. The van der Waals surface area contributed by atoms with E-state index in [1.807, 2.05) is 0 Å². The van der Waals surface area contributed by atoms with Crippen molar-refractivity contribution < 1.29 is 80.2 Å². The van der Waals surface area contributed by atoms with Crippen molar-refractivity contribution in [3.63, 3.8) is 0 Å². The van der Waals surface area contributed by atoms with E-state index in [2.05, 4.69) is 34.6 Å². The lowest BCUT2D eigenvalue weighted by atomic mass is 10.0. The third-order valence-corrected chi connectivity index (χ3v) is 21.4. The van der Waals surface area contributed by atoms with Crippen LogP contribution in [0.3, 0.4) is 0 Å². The van der Waals surface area contributed by atoms with Crippen molar-refractivity contribution >= 4 is 39.5 Å². The zero-order valence-electron chi connectivity index (χ0n) is 66.8. The second kappa shape index (κ2) is 75.9. The molecule has 102 heavy (non-hydrogen) atoms. The summed E-state index contributed by atoms with van der Waals surface area (Å²) in [6, 6.07) is 0. The molecule has 0 fully saturated rings. The third-order valence-electron chi connectivity index (χ3n) is 19.5. The van der Waals surface area contributed by atoms with E-state index in [-0.39, 0.29) is 25.7 Å². The first-order valence-electron chi connectivity index (χ1n) is 43.1. The number of carbonyl (C=O) groups excluding carboxylic acids is 4. The second-order valence-electron chi connectivity index (χ2n) is 30.3. The molecule has 606 valence electrons. The van der Waals surface area contributed by atoms with E-state index in [0.717, 1.165) is 95.8 Å². The zero-order valence-corrected chi connectivity index (χ0v) is 68.5. The quantitative estimate of drug-likeness (QED) is 0.0222. The molecule has 0 spiro atoms. The van der Waals surface area contributed by atoms with Crippen LogP contribution >= 0.6 is 15.6 Å². The molecule has 0 rings (SSSR count). The number of hydrogen-bond donors (Lipinski definition) is 3. The summed E-state index contributed by atoms with van der Waals surface area (Å²) in [7, 11) is -9.92. The van der Waals surface area contributed by atoms with Gasteiger partial charge in [-0.15, -0.1) is 0 Å². The van der Waals surface area contributed by atoms with E-state index in [1.54, 1.807) is 0 Å². The van der Waals surface area contributed by atoms with Crippen molar-refractivity contribution in [2.45, 2.75) is 464 Å². The summed E-state index contributed by atoms with van der Waals surface area (Å²) in [5.41, 5.74) is 0. The normalized spacial score (nSPS) is 13.8. The maximum atomic E-state index is 13.1. The van der Waals surface area contributed by atoms with Crippen LogP contribution < -0.4 is 0 Å². The van der Waals surface area contributed by atoms with Gasteiger partial charge in [0, 0.05) is 25.7 Å². The molecule has 0 saturated carbocycles. The SMILES string of the molecule is CCCCCCCCCCCCCCCCCCCC(=O)OC[C@H](COP(=O)(O)OC[C@@H](O)COP(=O)(O)OC[C@@H](COC(=O)CCCCCCCCCCCC)OC(=O)CCCCCCCCCCCCCCCCCCC)OC(=O)CCCCCCCCCCCCCCCCCC(C)C. The van der Waals surface area contributed by atoms with Crippen molar-refractivity contribution in [3.05, 3.63) is 0 Å². The van der Waals surface area contributed by atoms with Gasteiger partial charge in [0.2, 0.25) is 0 Å². The molecular formula is C83H162O17P2. The smallest absolute Gasteiger partial charge is 0.462 e. The zero-order chi connectivity index (χ0) is 74.8. The minimum Gasteiger partial charge on any atom is -0.462 e. The van der Waals surface area contributed by atoms with Crippen molar-refractivity contribution in [3.8, 4) is 0 Å². The number of phosphoric ester groups is 2. The number of phosphoric acid groups is 2. The van der Waals surface area contributed by atoms with Crippen LogP contribution in [0.25, 0.3) is 0 Å². The van der Waals surface area contributed by atoms with Gasteiger partial charge in [-0.1, -0.05) is 394 Å². The molecule has 0 aliphatic carbocycles. The molecular weight excluding hydrogens is 1330 g/mol. The largest absolute Gasteiger partial charge is 0.472 e. The van der Waals surface area contributed by atoms with Gasteiger partial charge in [-0.3, -0.25) is 37.3 Å². The van der Waals surface area contributed by atoms with Gasteiger partial charge < -0.3 is 33.8 Å². The number of rotatable bonds is 83. The van der Waals surface area contributed by atoms with Crippen LogP contribution in [-0.2, 0) is 65.4 Å². The molecule has 0 bridgehead atoms. The Labute approximate surface area is 626 Å². The lowest BCUT2D eigenvalue weighted by molar-refractivity contribution is -0.161. The summed E-state index contributed by atoms with van der Waals surface area (Å²) in [6.07, 6.45) is 67.9. The molecule has 0 aromatic rings. The van der Waals surface area contributed by atoms with Crippen LogP contribution in [0.2, 0.25) is 0 Å². The maximum Gasteiger partial charge on any atom is 0.472 e. The Bertz CT molecular complexity index is 1940. The van der Waals surface area contributed by atoms with E-state index in [1.165, 1.54) is 270 Å². The van der Waals surface area contributed by atoms with Crippen LogP contribution in [0.4, 0.5) is 0 Å². The Kier molecular flexibility index (Phi) is 74.4. The molecule has 0 aliphatic rings. The lowest BCUT2D eigenvalue weighted by Gasteiger charge is -2.21.